The number of nitrogens with one attached hydrogen (secondary N) is 2. The van der Waals surface area contributed by atoms with Crippen molar-refractivity contribution in [2.75, 3.05) is 6.54 Å². The molecule has 0 bridgehead atoms. The Hall–Kier alpha value is -2.63. The predicted molar refractivity (Wildman–Crippen MR) is 78.3 cm³/mol. The number of para-hydroxylation sites is 1. The van der Waals surface area contributed by atoms with E-state index >= 15 is 0 Å². The normalized spacial score (nSPS) is 12.0. The lowest BCUT2D eigenvalue weighted by molar-refractivity contribution is -0.137. The first kappa shape index (κ1) is 14.8. The highest BCUT2D eigenvalue weighted by Gasteiger charge is 2.13. The lowest BCUT2D eigenvalue weighted by Crippen LogP contribution is -2.30. The molecule has 0 saturated carbocycles. The van der Waals surface area contributed by atoms with Crippen LogP contribution >= 0.6 is 0 Å². The highest BCUT2D eigenvalue weighted by atomic mass is 16.4. The minimum Gasteiger partial charge on any atom is -0.481 e. The van der Waals surface area contributed by atoms with Gasteiger partial charge in [-0.1, -0.05) is 25.1 Å². The molecular formula is C15H16N2O4. The van der Waals surface area contributed by atoms with Crippen LogP contribution in [0.2, 0.25) is 0 Å². The topological polar surface area (TPSA) is 99.3 Å². The van der Waals surface area contributed by atoms with Crippen LogP contribution in [0.3, 0.4) is 0 Å². The van der Waals surface area contributed by atoms with E-state index in [2.05, 4.69) is 10.3 Å². The molecule has 0 saturated heterocycles. The zero-order chi connectivity index (χ0) is 15.4. The molecule has 110 valence electrons. The molecule has 1 aromatic carbocycles. The Morgan fingerprint density at radius 2 is 2.05 bits per heavy atom. The number of benzene rings is 1. The summed E-state index contributed by atoms with van der Waals surface area (Å²) in [7, 11) is 0. The summed E-state index contributed by atoms with van der Waals surface area (Å²) in [6.07, 6.45) is -0.0175. The second-order valence-electron chi connectivity index (χ2n) is 5.01. The molecular weight excluding hydrogens is 272 g/mol. The standard InChI is InChI=1S/C15H16N2O4/c1-9(6-14(19)20)8-16-15(21)11-7-13(18)17-12-5-3-2-4-10(11)12/h2-5,7,9H,6,8H2,1H3,(H,16,21)(H,17,18)(H,19,20). The van der Waals surface area contributed by atoms with Gasteiger partial charge in [-0.15, -0.1) is 0 Å². The van der Waals surface area contributed by atoms with Gasteiger partial charge in [0.05, 0.1) is 5.56 Å². The van der Waals surface area contributed by atoms with Gasteiger partial charge in [0, 0.05) is 29.9 Å². The summed E-state index contributed by atoms with van der Waals surface area (Å²) in [6.45, 7) is 1.98. The van der Waals surface area contributed by atoms with E-state index in [0.29, 0.717) is 10.9 Å². The minimum atomic E-state index is -0.904. The number of carboxylic acid groups (broad SMARTS) is 1. The molecule has 21 heavy (non-hydrogen) atoms. The van der Waals surface area contributed by atoms with Crippen LogP contribution in [0.1, 0.15) is 23.7 Å². The predicted octanol–water partition coefficient (Wildman–Crippen LogP) is 1.37. The molecule has 3 N–H and O–H groups in total. The Morgan fingerprint density at radius 1 is 1.33 bits per heavy atom. The smallest absolute Gasteiger partial charge is 0.303 e. The van der Waals surface area contributed by atoms with E-state index in [0.717, 1.165) is 0 Å². The van der Waals surface area contributed by atoms with Crippen molar-refractivity contribution >= 4 is 22.8 Å². The fourth-order valence-corrected chi connectivity index (χ4v) is 2.12. The van der Waals surface area contributed by atoms with Gasteiger partial charge in [0.25, 0.3) is 5.91 Å². The largest absolute Gasteiger partial charge is 0.481 e. The van der Waals surface area contributed by atoms with Crippen LogP contribution < -0.4 is 10.9 Å². The summed E-state index contributed by atoms with van der Waals surface area (Å²) in [5.74, 6) is -1.47. The van der Waals surface area contributed by atoms with Crippen LogP contribution in [0.5, 0.6) is 0 Å². The van der Waals surface area contributed by atoms with Gasteiger partial charge in [0.15, 0.2) is 0 Å². The summed E-state index contributed by atoms with van der Waals surface area (Å²) in [5.41, 5.74) is 0.531. The Kier molecular flexibility index (Phi) is 4.37. The van der Waals surface area contributed by atoms with E-state index in [-0.39, 0.29) is 35.9 Å². The Balaban J connectivity index is 2.20. The minimum absolute atomic E-state index is 0.0175. The average molecular weight is 288 g/mol. The lowest BCUT2D eigenvalue weighted by atomic mass is 10.1. The van der Waals surface area contributed by atoms with Crippen molar-refractivity contribution in [1.29, 1.82) is 0 Å². The fourth-order valence-electron chi connectivity index (χ4n) is 2.12. The van der Waals surface area contributed by atoms with Gasteiger partial charge in [-0.3, -0.25) is 14.4 Å². The maximum absolute atomic E-state index is 12.2. The van der Waals surface area contributed by atoms with Crippen molar-refractivity contribution in [2.24, 2.45) is 5.92 Å². The second-order valence-corrected chi connectivity index (χ2v) is 5.01. The molecule has 1 heterocycles. The summed E-state index contributed by atoms with van der Waals surface area (Å²) in [5, 5.41) is 12.0. The maximum Gasteiger partial charge on any atom is 0.303 e. The molecule has 2 aromatic rings. The van der Waals surface area contributed by atoms with Gasteiger partial charge in [-0.2, -0.15) is 0 Å². The first-order chi connectivity index (χ1) is 9.97. The number of carboxylic acids is 1. The van der Waals surface area contributed by atoms with Crippen molar-refractivity contribution in [3.63, 3.8) is 0 Å². The van der Waals surface area contributed by atoms with Gasteiger partial charge in [0.2, 0.25) is 5.56 Å². The van der Waals surface area contributed by atoms with Crippen molar-refractivity contribution < 1.29 is 14.7 Å². The van der Waals surface area contributed by atoms with E-state index in [1.165, 1.54) is 6.07 Å². The Labute approximate surface area is 120 Å². The summed E-state index contributed by atoms with van der Waals surface area (Å²) >= 11 is 0. The summed E-state index contributed by atoms with van der Waals surface area (Å²) < 4.78 is 0. The fraction of sp³-hybridized carbons (Fsp3) is 0.267. The zero-order valence-corrected chi connectivity index (χ0v) is 11.6. The van der Waals surface area contributed by atoms with Gasteiger partial charge < -0.3 is 15.4 Å². The number of pyridine rings is 1. The van der Waals surface area contributed by atoms with Crippen LogP contribution in [0, 0.1) is 5.92 Å². The van der Waals surface area contributed by atoms with E-state index in [1.54, 1.807) is 31.2 Å². The Bertz CT molecular complexity index is 736. The zero-order valence-electron chi connectivity index (χ0n) is 11.6. The number of aromatic nitrogens is 1. The molecule has 1 unspecified atom stereocenters. The quantitative estimate of drug-likeness (QED) is 0.773. The third kappa shape index (κ3) is 3.68. The van der Waals surface area contributed by atoms with Crippen LogP contribution in [0.15, 0.2) is 35.1 Å². The number of hydrogen-bond donors (Lipinski definition) is 3. The van der Waals surface area contributed by atoms with E-state index in [4.69, 9.17) is 5.11 Å². The van der Waals surface area contributed by atoms with E-state index in [1.807, 2.05) is 0 Å². The molecule has 0 spiro atoms. The second kappa shape index (κ2) is 6.21. The van der Waals surface area contributed by atoms with Gasteiger partial charge in [0.1, 0.15) is 0 Å². The number of H-pyrrole nitrogens is 1. The van der Waals surface area contributed by atoms with Crippen molar-refractivity contribution in [3.05, 3.63) is 46.2 Å². The molecule has 1 amide bonds. The number of rotatable bonds is 5. The van der Waals surface area contributed by atoms with Crippen molar-refractivity contribution in [3.8, 4) is 0 Å². The number of amides is 1. The Morgan fingerprint density at radius 3 is 2.76 bits per heavy atom. The molecule has 1 atom stereocenters. The third-order valence-corrected chi connectivity index (χ3v) is 3.13. The SMILES string of the molecule is CC(CNC(=O)c1cc(=O)[nH]c2ccccc12)CC(=O)O. The maximum atomic E-state index is 12.2. The molecule has 0 fully saturated rings. The number of aliphatic carboxylic acids is 1. The number of carbonyl (C=O) groups is 2. The number of hydrogen-bond acceptors (Lipinski definition) is 3. The number of aromatic amines is 1. The van der Waals surface area contributed by atoms with Crippen LogP contribution in [-0.2, 0) is 4.79 Å². The highest BCUT2D eigenvalue weighted by Crippen LogP contribution is 2.14. The molecule has 0 radical (unpaired) electrons. The average Bonchev–Trinajstić information content (AvgIpc) is 2.43. The molecule has 6 heteroatoms. The monoisotopic (exact) mass is 288 g/mol. The van der Waals surface area contributed by atoms with Gasteiger partial charge in [-0.25, -0.2) is 0 Å². The molecule has 6 nitrogen and oxygen atoms in total. The van der Waals surface area contributed by atoms with Crippen LogP contribution in [-0.4, -0.2) is 28.5 Å². The first-order valence-electron chi connectivity index (χ1n) is 6.59. The van der Waals surface area contributed by atoms with Gasteiger partial charge >= 0.3 is 5.97 Å². The first-order valence-corrected chi connectivity index (χ1v) is 6.59. The third-order valence-electron chi connectivity index (χ3n) is 3.13. The van der Waals surface area contributed by atoms with Crippen molar-refractivity contribution in [2.45, 2.75) is 13.3 Å². The summed E-state index contributed by atoms with van der Waals surface area (Å²) in [6, 6.07) is 8.28. The number of fused-ring (bicyclic) bond motifs is 1. The van der Waals surface area contributed by atoms with E-state index < -0.39 is 5.97 Å². The van der Waals surface area contributed by atoms with Crippen LogP contribution in [0.25, 0.3) is 10.9 Å². The molecule has 1 aromatic heterocycles. The molecule has 0 aliphatic carbocycles. The molecule has 2 rings (SSSR count). The molecule has 0 aliphatic rings. The molecule has 0 aliphatic heterocycles. The van der Waals surface area contributed by atoms with Crippen LogP contribution in [0.4, 0.5) is 0 Å². The van der Waals surface area contributed by atoms with Crippen molar-refractivity contribution in [1.82, 2.24) is 10.3 Å². The summed E-state index contributed by atoms with van der Waals surface area (Å²) in [4.78, 5) is 37.0. The lowest BCUT2D eigenvalue weighted by Gasteiger charge is -2.11. The highest BCUT2D eigenvalue weighted by molar-refractivity contribution is 6.05. The van der Waals surface area contributed by atoms with E-state index in [9.17, 15) is 14.4 Å². The van der Waals surface area contributed by atoms with Gasteiger partial charge in [-0.05, 0) is 12.0 Å². The number of carbonyl (C=O) groups excluding carboxylic acids is 1.